The number of carbonyl (C=O) groups excluding carboxylic acids is 1. The first-order valence-corrected chi connectivity index (χ1v) is 9.54. The van der Waals surface area contributed by atoms with Crippen LogP contribution in [0.5, 0.6) is 0 Å². The van der Waals surface area contributed by atoms with Crippen molar-refractivity contribution in [3.8, 4) is 0 Å². The molecule has 2 aromatic rings. The second-order valence-electron chi connectivity index (χ2n) is 6.00. The molecule has 24 heavy (non-hydrogen) atoms. The number of nitrogens with one attached hydrogen (secondary N) is 1. The van der Waals surface area contributed by atoms with E-state index in [4.69, 9.17) is 4.42 Å². The Labute approximate surface area is 139 Å². The minimum absolute atomic E-state index is 0.0321. The molecule has 0 spiro atoms. The van der Waals surface area contributed by atoms with Crippen LogP contribution in [-0.4, -0.2) is 31.9 Å². The number of rotatable bonds is 5. The Kier molecular flexibility index (Phi) is 4.71. The summed E-state index contributed by atoms with van der Waals surface area (Å²) in [5, 5.41) is 2.81. The smallest absolute Gasteiger partial charge is 0.228 e. The van der Waals surface area contributed by atoms with Crippen LogP contribution in [0.3, 0.4) is 0 Å². The summed E-state index contributed by atoms with van der Waals surface area (Å²) in [5.41, 5.74) is 0.658. The maximum atomic E-state index is 13.2. The summed E-state index contributed by atoms with van der Waals surface area (Å²) in [6.45, 7) is 0. The van der Waals surface area contributed by atoms with Gasteiger partial charge < -0.3 is 9.73 Å². The van der Waals surface area contributed by atoms with Crippen molar-refractivity contribution in [1.29, 1.82) is 0 Å². The van der Waals surface area contributed by atoms with Gasteiger partial charge in [0.25, 0.3) is 0 Å². The lowest BCUT2D eigenvalue weighted by Crippen LogP contribution is -2.39. The molecule has 1 amide bonds. The Hall–Kier alpha value is -2.15. The molecule has 1 N–H and O–H groups in total. The second-order valence-corrected chi connectivity index (χ2v) is 8.22. The predicted octanol–water partition coefficient (Wildman–Crippen LogP) is 2.05. The SMILES string of the molecule is O=C(NC1CCS(=O)(=O)C1)C(Cc1ccco1)c1ccc(F)cc1. The number of amides is 1. The first kappa shape index (κ1) is 16.7. The second kappa shape index (κ2) is 6.76. The van der Waals surface area contributed by atoms with E-state index in [-0.39, 0.29) is 29.3 Å². The van der Waals surface area contributed by atoms with Crippen molar-refractivity contribution >= 4 is 15.7 Å². The summed E-state index contributed by atoms with van der Waals surface area (Å²) in [6.07, 6.45) is 2.27. The average Bonchev–Trinajstić information content (AvgIpc) is 3.15. The van der Waals surface area contributed by atoms with E-state index in [1.54, 1.807) is 24.3 Å². The fourth-order valence-electron chi connectivity index (χ4n) is 2.90. The Bertz CT molecular complexity index is 800. The predicted molar refractivity (Wildman–Crippen MR) is 86.8 cm³/mol. The molecule has 0 radical (unpaired) electrons. The lowest BCUT2D eigenvalue weighted by molar-refractivity contribution is -0.123. The van der Waals surface area contributed by atoms with Crippen molar-refractivity contribution in [2.45, 2.75) is 24.8 Å². The summed E-state index contributed by atoms with van der Waals surface area (Å²) in [7, 11) is -3.07. The van der Waals surface area contributed by atoms with E-state index in [0.29, 0.717) is 24.2 Å². The number of benzene rings is 1. The minimum Gasteiger partial charge on any atom is -0.469 e. The van der Waals surface area contributed by atoms with Gasteiger partial charge in [-0.15, -0.1) is 0 Å². The van der Waals surface area contributed by atoms with E-state index in [1.807, 2.05) is 0 Å². The number of halogens is 1. The normalized spacial score (nSPS) is 20.6. The number of carbonyl (C=O) groups is 1. The fourth-order valence-corrected chi connectivity index (χ4v) is 4.57. The standard InChI is InChI=1S/C17H18FNO4S/c18-13-5-3-12(4-6-13)16(10-15-2-1-8-23-15)17(20)19-14-7-9-24(21,22)11-14/h1-6,8,14,16H,7,9-11H2,(H,19,20). The topological polar surface area (TPSA) is 76.4 Å². The van der Waals surface area contributed by atoms with Crippen LogP contribution in [0.25, 0.3) is 0 Å². The molecule has 2 unspecified atom stereocenters. The minimum atomic E-state index is -3.07. The van der Waals surface area contributed by atoms with Crippen LogP contribution in [0.2, 0.25) is 0 Å². The van der Waals surface area contributed by atoms with Gasteiger partial charge in [0.05, 0.1) is 23.7 Å². The van der Waals surface area contributed by atoms with Crippen LogP contribution in [0.4, 0.5) is 4.39 Å². The Morgan fingerprint density at radius 3 is 2.62 bits per heavy atom. The van der Waals surface area contributed by atoms with Crippen molar-refractivity contribution < 1.29 is 22.0 Å². The number of sulfone groups is 1. The lowest BCUT2D eigenvalue weighted by Gasteiger charge is -2.19. The lowest BCUT2D eigenvalue weighted by atomic mass is 9.93. The third kappa shape index (κ3) is 4.03. The molecule has 0 bridgehead atoms. The first-order chi connectivity index (χ1) is 11.4. The fraction of sp³-hybridized carbons (Fsp3) is 0.353. The number of furan rings is 1. The van der Waals surface area contributed by atoms with Crippen molar-refractivity contribution in [1.82, 2.24) is 5.32 Å². The van der Waals surface area contributed by atoms with E-state index in [9.17, 15) is 17.6 Å². The molecule has 1 aromatic heterocycles. The van der Waals surface area contributed by atoms with E-state index < -0.39 is 15.8 Å². The van der Waals surface area contributed by atoms with Gasteiger partial charge in [-0.25, -0.2) is 12.8 Å². The van der Waals surface area contributed by atoms with Crippen molar-refractivity contribution in [2.24, 2.45) is 0 Å². The third-order valence-electron chi connectivity index (χ3n) is 4.15. The first-order valence-electron chi connectivity index (χ1n) is 7.71. The van der Waals surface area contributed by atoms with Crippen LogP contribution in [0, 0.1) is 5.82 Å². The van der Waals surface area contributed by atoms with Gasteiger partial charge in [0.2, 0.25) is 5.91 Å². The van der Waals surface area contributed by atoms with Crippen molar-refractivity contribution in [2.75, 3.05) is 11.5 Å². The molecule has 5 nitrogen and oxygen atoms in total. The zero-order valence-corrected chi connectivity index (χ0v) is 13.8. The Morgan fingerprint density at radius 1 is 1.29 bits per heavy atom. The molecule has 3 rings (SSSR count). The van der Waals surface area contributed by atoms with Gasteiger partial charge in [-0.05, 0) is 36.2 Å². The summed E-state index contributed by atoms with van der Waals surface area (Å²) in [5.74, 6) is -0.524. The maximum Gasteiger partial charge on any atom is 0.228 e. The van der Waals surface area contributed by atoms with Gasteiger partial charge in [-0.3, -0.25) is 4.79 Å². The quantitative estimate of drug-likeness (QED) is 0.894. The van der Waals surface area contributed by atoms with E-state index in [1.165, 1.54) is 18.4 Å². The highest BCUT2D eigenvalue weighted by molar-refractivity contribution is 7.91. The van der Waals surface area contributed by atoms with Gasteiger partial charge in [0.15, 0.2) is 9.84 Å². The number of hydrogen-bond donors (Lipinski definition) is 1. The highest BCUT2D eigenvalue weighted by atomic mass is 32.2. The average molecular weight is 351 g/mol. The summed E-state index contributed by atoms with van der Waals surface area (Å²) < 4.78 is 41.6. The molecule has 2 atom stereocenters. The highest BCUT2D eigenvalue weighted by Crippen LogP contribution is 2.23. The zero-order valence-electron chi connectivity index (χ0n) is 12.9. The summed E-state index contributed by atoms with van der Waals surface area (Å²) in [6, 6.07) is 8.86. The summed E-state index contributed by atoms with van der Waals surface area (Å²) in [4.78, 5) is 12.7. The third-order valence-corrected chi connectivity index (χ3v) is 5.92. The number of hydrogen-bond acceptors (Lipinski definition) is 4. The largest absolute Gasteiger partial charge is 0.469 e. The molecule has 128 valence electrons. The molecule has 0 aliphatic carbocycles. The molecular formula is C17H18FNO4S. The molecule has 2 heterocycles. The zero-order chi connectivity index (χ0) is 17.2. The van der Waals surface area contributed by atoms with Crippen LogP contribution in [0.15, 0.2) is 47.1 Å². The van der Waals surface area contributed by atoms with Crippen LogP contribution >= 0.6 is 0 Å². The van der Waals surface area contributed by atoms with E-state index in [0.717, 1.165) is 0 Å². The van der Waals surface area contributed by atoms with E-state index >= 15 is 0 Å². The van der Waals surface area contributed by atoms with Crippen molar-refractivity contribution in [3.05, 3.63) is 59.8 Å². The molecule has 1 aromatic carbocycles. The van der Waals surface area contributed by atoms with Crippen LogP contribution < -0.4 is 5.32 Å². The van der Waals surface area contributed by atoms with Crippen molar-refractivity contribution in [3.63, 3.8) is 0 Å². The highest BCUT2D eigenvalue weighted by Gasteiger charge is 2.31. The molecule has 1 saturated heterocycles. The van der Waals surface area contributed by atoms with Crippen LogP contribution in [0.1, 0.15) is 23.7 Å². The van der Waals surface area contributed by atoms with Gasteiger partial charge in [-0.1, -0.05) is 12.1 Å². The molecule has 1 fully saturated rings. The van der Waals surface area contributed by atoms with Gasteiger partial charge in [0, 0.05) is 12.5 Å². The van der Waals surface area contributed by atoms with E-state index in [2.05, 4.69) is 5.32 Å². The molecule has 0 saturated carbocycles. The Morgan fingerprint density at radius 2 is 2.04 bits per heavy atom. The molecule has 7 heteroatoms. The monoisotopic (exact) mass is 351 g/mol. The molecule has 1 aliphatic heterocycles. The Balaban J connectivity index is 1.78. The van der Waals surface area contributed by atoms with Crippen LogP contribution in [-0.2, 0) is 21.1 Å². The molecular weight excluding hydrogens is 333 g/mol. The maximum absolute atomic E-state index is 13.2. The van der Waals surface area contributed by atoms with Gasteiger partial charge in [0.1, 0.15) is 11.6 Å². The molecule has 1 aliphatic rings. The van der Waals surface area contributed by atoms with Gasteiger partial charge >= 0.3 is 0 Å². The summed E-state index contributed by atoms with van der Waals surface area (Å²) >= 11 is 0. The van der Waals surface area contributed by atoms with Gasteiger partial charge in [-0.2, -0.15) is 0 Å².